The Hall–Kier alpha value is -3.02. The van der Waals surface area contributed by atoms with E-state index in [0.717, 1.165) is 35.4 Å². The third-order valence-corrected chi connectivity index (χ3v) is 6.81. The molecule has 0 radical (unpaired) electrons. The fourth-order valence-electron chi connectivity index (χ4n) is 4.58. The van der Waals surface area contributed by atoms with E-state index in [2.05, 4.69) is 43.4 Å². The standard InChI is InChI=1S/C27H35N3O3/c1-4-20-7-9-21(10-8-20)17-28-26(31)22-12-14-29(15-13-22)27(32)30-18-23(5-2)33-25-11-6-19(3)16-24(25)30/h6-11,16,22-23H,4-5,12-15,17-18H2,1-3H3,(H,28,31). The predicted octanol–water partition coefficient (Wildman–Crippen LogP) is 4.68. The van der Waals surface area contributed by atoms with Gasteiger partial charge in [0, 0.05) is 25.6 Å². The van der Waals surface area contributed by atoms with Gasteiger partial charge in [-0.2, -0.15) is 0 Å². The Labute approximate surface area is 196 Å². The zero-order valence-electron chi connectivity index (χ0n) is 20.0. The summed E-state index contributed by atoms with van der Waals surface area (Å²) in [6, 6.07) is 14.4. The van der Waals surface area contributed by atoms with Crippen LogP contribution in [0.4, 0.5) is 10.5 Å². The number of nitrogens with one attached hydrogen (secondary N) is 1. The van der Waals surface area contributed by atoms with Gasteiger partial charge in [0.25, 0.3) is 0 Å². The molecule has 2 aliphatic rings. The number of aryl methyl sites for hydroxylation is 2. The van der Waals surface area contributed by atoms with E-state index in [0.29, 0.717) is 39.0 Å². The van der Waals surface area contributed by atoms with Gasteiger partial charge in [-0.1, -0.05) is 44.2 Å². The van der Waals surface area contributed by atoms with Gasteiger partial charge >= 0.3 is 6.03 Å². The summed E-state index contributed by atoms with van der Waals surface area (Å²) in [6.07, 6.45) is 3.24. The first kappa shape index (κ1) is 23.1. The second-order valence-electron chi connectivity index (χ2n) is 9.16. The molecule has 2 aliphatic heterocycles. The molecule has 1 saturated heterocycles. The molecule has 176 valence electrons. The molecule has 3 amide bonds. The number of nitrogens with zero attached hydrogens (tertiary/aromatic N) is 2. The maximum Gasteiger partial charge on any atom is 0.324 e. The molecule has 6 heteroatoms. The Morgan fingerprint density at radius 3 is 2.39 bits per heavy atom. The average Bonchev–Trinajstić information content (AvgIpc) is 2.86. The lowest BCUT2D eigenvalue weighted by atomic mass is 9.96. The van der Waals surface area contributed by atoms with Crippen molar-refractivity contribution in [3.05, 3.63) is 59.2 Å². The number of piperidine rings is 1. The van der Waals surface area contributed by atoms with Crippen molar-refractivity contribution in [1.29, 1.82) is 0 Å². The summed E-state index contributed by atoms with van der Waals surface area (Å²) in [6.45, 7) is 8.53. The number of fused-ring (bicyclic) bond motifs is 1. The second kappa shape index (κ2) is 10.3. The molecule has 1 unspecified atom stereocenters. The number of ether oxygens (including phenoxy) is 1. The van der Waals surface area contributed by atoms with E-state index in [4.69, 9.17) is 4.74 Å². The smallest absolute Gasteiger partial charge is 0.324 e. The Balaban J connectivity index is 1.33. The van der Waals surface area contributed by atoms with Crippen molar-refractivity contribution in [3.8, 4) is 5.75 Å². The van der Waals surface area contributed by atoms with Crippen molar-refractivity contribution in [2.24, 2.45) is 5.92 Å². The number of anilines is 1. The molecule has 0 aliphatic carbocycles. The lowest BCUT2D eigenvalue weighted by Crippen LogP contribution is -2.52. The van der Waals surface area contributed by atoms with Gasteiger partial charge in [0.05, 0.1) is 12.2 Å². The van der Waals surface area contributed by atoms with Gasteiger partial charge in [0.1, 0.15) is 11.9 Å². The van der Waals surface area contributed by atoms with Crippen molar-refractivity contribution < 1.29 is 14.3 Å². The van der Waals surface area contributed by atoms with Crippen LogP contribution in [0.5, 0.6) is 5.75 Å². The molecule has 2 heterocycles. The Kier molecular flexibility index (Phi) is 7.21. The zero-order valence-corrected chi connectivity index (χ0v) is 20.0. The summed E-state index contributed by atoms with van der Waals surface area (Å²) in [4.78, 5) is 29.9. The third kappa shape index (κ3) is 5.32. The van der Waals surface area contributed by atoms with Gasteiger partial charge in [0.2, 0.25) is 5.91 Å². The van der Waals surface area contributed by atoms with Gasteiger partial charge < -0.3 is 15.0 Å². The maximum atomic E-state index is 13.4. The number of benzene rings is 2. The van der Waals surface area contributed by atoms with Crippen LogP contribution >= 0.6 is 0 Å². The summed E-state index contributed by atoms with van der Waals surface area (Å²) < 4.78 is 6.06. The normalized spacial score (nSPS) is 18.5. The summed E-state index contributed by atoms with van der Waals surface area (Å²) in [5.41, 5.74) is 4.36. The minimum absolute atomic E-state index is 0.00105. The number of urea groups is 1. The quantitative estimate of drug-likeness (QED) is 0.721. The molecule has 1 fully saturated rings. The maximum absolute atomic E-state index is 13.4. The lowest BCUT2D eigenvalue weighted by Gasteiger charge is -2.39. The molecule has 0 saturated carbocycles. The molecular weight excluding hydrogens is 414 g/mol. The number of carbonyl (C=O) groups excluding carboxylic acids is 2. The van der Waals surface area contributed by atoms with E-state index in [1.165, 1.54) is 5.56 Å². The predicted molar refractivity (Wildman–Crippen MR) is 131 cm³/mol. The molecule has 4 rings (SSSR count). The summed E-state index contributed by atoms with van der Waals surface area (Å²) in [5.74, 6) is 0.805. The SMILES string of the molecule is CCc1ccc(CNC(=O)C2CCN(C(=O)N3CC(CC)Oc4ccc(C)cc43)CC2)cc1. The fraction of sp³-hybridized carbons (Fsp3) is 0.481. The van der Waals surface area contributed by atoms with Crippen molar-refractivity contribution in [2.45, 2.75) is 59.1 Å². The second-order valence-corrected chi connectivity index (χ2v) is 9.16. The largest absolute Gasteiger partial charge is 0.486 e. The molecule has 33 heavy (non-hydrogen) atoms. The van der Waals surface area contributed by atoms with Crippen molar-refractivity contribution in [2.75, 3.05) is 24.5 Å². The van der Waals surface area contributed by atoms with E-state index >= 15 is 0 Å². The summed E-state index contributed by atoms with van der Waals surface area (Å²) >= 11 is 0. The van der Waals surface area contributed by atoms with Crippen LogP contribution in [0.2, 0.25) is 0 Å². The first-order chi connectivity index (χ1) is 16.0. The monoisotopic (exact) mass is 449 g/mol. The van der Waals surface area contributed by atoms with Gasteiger partial charge in [0.15, 0.2) is 0 Å². The number of rotatable bonds is 5. The number of likely N-dealkylation sites (tertiary alicyclic amines) is 1. The lowest BCUT2D eigenvalue weighted by molar-refractivity contribution is -0.126. The van der Waals surface area contributed by atoms with Crippen molar-refractivity contribution in [3.63, 3.8) is 0 Å². The number of hydrogen-bond acceptors (Lipinski definition) is 3. The van der Waals surface area contributed by atoms with Crippen molar-refractivity contribution in [1.82, 2.24) is 10.2 Å². The summed E-state index contributed by atoms with van der Waals surface area (Å²) in [5, 5.41) is 3.08. The molecule has 1 atom stereocenters. The average molecular weight is 450 g/mol. The molecule has 0 bridgehead atoms. The third-order valence-electron chi connectivity index (χ3n) is 6.81. The van der Waals surface area contributed by atoms with E-state index in [9.17, 15) is 9.59 Å². The first-order valence-electron chi connectivity index (χ1n) is 12.2. The molecular formula is C27H35N3O3. The van der Waals surface area contributed by atoms with E-state index in [1.54, 1.807) is 0 Å². The van der Waals surface area contributed by atoms with Crippen LogP contribution in [0.3, 0.4) is 0 Å². The van der Waals surface area contributed by atoms with Gasteiger partial charge in [-0.15, -0.1) is 0 Å². The van der Waals surface area contributed by atoms with Crippen LogP contribution < -0.4 is 15.0 Å². The highest BCUT2D eigenvalue weighted by molar-refractivity contribution is 5.94. The fourth-order valence-corrected chi connectivity index (χ4v) is 4.58. The number of hydrogen-bond donors (Lipinski definition) is 1. The van der Waals surface area contributed by atoms with Gasteiger partial charge in [-0.3, -0.25) is 9.69 Å². The highest BCUT2D eigenvalue weighted by Crippen LogP contribution is 2.36. The first-order valence-corrected chi connectivity index (χ1v) is 12.2. The Bertz CT molecular complexity index is 981. The Morgan fingerprint density at radius 1 is 1.03 bits per heavy atom. The highest BCUT2D eigenvalue weighted by atomic mass is 16.5. The molecule has 6 nitrogen and oxygen atoms in total. The van der Waals surface area contributed by atoms with Gasteiger partial charge in [-0.05, 0) is 61.4 Å². The van der Waals surface area contributed by atoms with E-state index < -0.39 is 0 Å². The van der Waals surface area contributed by atoms with Crippen LogP contribution in [-0.4, -0.2) is 42.6 Å². The van der Waals surface area contributed by atoms with E-state index in [-0.39, 0.29) is 24.0 Å². The number of carbonyl (C=O) groups is 2. The molecule has 0 aromatic heterocycles. The van der Waals surface area contributed by atoms with Crippen LogP contribution in [0.15, 0.2) is 42.5 Å². The molecule has 2 aromatic carbocycles. The zero-order chi connectivity index (χ0) is 23.4. The van der Waals surface area contributed by atoms with Crippen molar-refractivity contribution >= 4 is 17.6 Å². The van der Waals surface area contributed by atoms with Crippen LogP contribution in [0.1, 0.15) is 49.8 Å². The topological polar surface area (TPSA) is 61.9 Å². The molecule has 0 spiro atoms. The van der Waals surface area contributed by atoms with Gasteiger partial charge in [-0.25, -0.2) is 4.79 Å². The molecule has 2 aromatic rings. The van der Waals surface area contributed by atoms with Crippen LogP contribution in [0.25, 0.3) is 0 Å². The molecule has 1 N–H and O–H groups in total. The van der Waals surface area contributed by atoms with Crippen LogP contribution in [0, 0.1) is 12.8 Å². The minimum atomic E-state index is -0.0495. The minimum Gasteiger partial charge on any atom is -0.486 e. The van der Waals surface area contributed by atoms with E-state index in [1.807, 2.05) is 34.9 Å². The number of amides is 3. The Morgan fingerprint density at radius 2 is 1.73 bits per heavy atom. The highest BCUT2D eigenvalue weighted by Gasteiger charge is 2.34. The van der Waals surface area contributed by atoms with Crippen LogP contribution in [-0.2, 0) is 17.8 Å². The summed E-state index contributed by atoms with van der Waals surface area (Å²) in [7, 11) is 0.